The van der Waals surface area contributed by atoms with Gasteiger partial charge in [0.05, 0.1) is 4.92 Å². The second-order valence-corrected chi connectivity index (χ2v) is 2.98. The topological polar surface area (TPSA) is 56.0 Å². The first kappa shape index (κ1) is 10.4. The van der Waals surface area contributed by atoms with Crippen LogP contribution in [-0.4, -0.2) is 9.91 Å². The fourth-order valence-electron chi connectivity index (χ4n) is 1.09. The smallest absolute Gasteiger partial charge is 0.246 e. The van der Waals surface area contributed by atoms with Gasteiger partial charge < -0.3 is 0 Å². The fraction of sp³-hybridized carbons (Fsp3) is 0.300. The highest BCUT2D eigenvalue weighted by Crippen LogP contribution is 2.12. The van der Waals surface area contributed by atoms with Crippen LogP contribution in [0.2, 0.25) is 0 Å². The predicted octanol–water partition coefficient (Wildman–Crippen LogP) is 2.42. The van der Waals surface area contributed by atoms with Gasteiger partial charge in [-0.05, 0) is 18.6 Å². The standard InChI is InChI=1S/C10H12N2O2/c1-3-10(12(13)14)6-9-7-11-5-4-8(9)2/h4-7H,3H2,1-2H3/b10-6-. The number of nitro groups is 1. The van der Waals surface area contributed by atoms with Crippen LogP contribution in [0.3, 0.4) is 0 Å². The summed E-state index contributed by atoms with van der Waals surface area (Å²) in [6.07, 6.45) is 5.29. The number of pyridine rings is 1. The summed E-state index contributed by atoms with van der Waals surface area (Å²) in [5.74, 6) is 0. The van der Waals surface area contributed by atoms with Crippen molar-refractivity contribution in [1.29, 1.82) is 0 Å². The van der Waals surface area contributed by atoms with Gasteiger partial charge in [0, 0.05) is 30.5 Å². The van der Waals surface area contributed by atoms with Crippen LogP contribution < -0.4 is 0 Å². The number of aromatic nitrogens is 1. The van der Waals surface area contributed by atoms with E-state index < -0.39 is 0 Å². The molecule has 0 saturated heterocycles. The van der Waals surface area contributed by atoms with Crippen molar-refractivity contribution in [3.63, 3.8) is 0 Å². The Kier molecular flexibility index (Phi) is 3.34. The van der Waals surface area contributed by atoms with Crippen molar-refractivity contribution in [3.05, 3.63) is 45.4 Å². The van der Waals surface area contributed by atoms with Crippen LogP contribution in [0.1, 0.15) is 24.5 Å². The summed E-state index contributed by atoms with van der Waals surface area (Å²) in [5.41, 5.74) is 2.01. The minimum Gasteiger partial charge on any atom is -0.264 e. The summed E-state index contributed by atoms with van der Waals surface area (Å²) >= 11 is 0. The van der Waals surface area contributed by atoms with E-state index in [0.29, 0.717) is 6.42 Å². The van der Waals surface area contributed by atoms with Crippen molar-refractivity contribution in [2.45, 2.75) is 20.3 Å². The monoisotopic (exact) mass is 192 g/mol. The summed E-state index contributed by atoms with van der Waals surface area (Å²) in [4.78, 5) is 14.1. The van der Waals surface area contributed by atoms with Gasteiger partial charge in [-0.25, -0.2) is 0 Å². The molecule has 1 aromatic rings. The molecule has 0 aliphatic carbocycles. The Hall–Kier alpha value is -1.71. The molecule has 0 N–H and O–H groups in total. The Morgan fingerprint density at radius 3 is 2.93 bits per heavy atom. The van der Waals surface area contributed by atoms with Crippen LogP contribution in [0.5, 0.6) is 0 Å². The molecule has 1 heterocycles. The molecule has 1 rings (SSSR count). The third kappa shape index (κ3) is 2.39. The molecule has 0 bridgehead atoms. The van der Waals surface area contributed by atoms with Crippen molar-refractivity contribution in [2.24, 2.45) is 0 Å². The molecule has 4 heteroatoms. The van der Waals surface area contributed by atoms with E-state index in [1.165, 1.54) is 0 Å². The fourth-order valence-corrected chi connectivity index (χ4v) is 1.09. The van der Waals surface area contributed by atoms with Gasteiger partial charge in [-0.15, -0.1) is 0 Å². The zero-order valence-corrected chi connectivity index (χ0v) is 8.23. The lowest BCUT2D eigenvalue weighted by atomic mass is 10.1. The molecule has 0 radical (unpaired) electrons. The van der Waals surface area contributed by atoms with Crippen molar-refractivity contribution in [3.8, 4) is 0 Å². The van der Waals surface area contributed by atoms with E-state index in [9.17, 15) is 10.1 Å². The van der Waals surface area contributed by atoms with Gasteiger partial charge in [0.1, 0.15) is 0 Å². The molecule has 74 valence electrons. The molecule has 0 aromatic carbocycles. The summed E-state index contributed by atoms with van der Waals surface area (Å²) < 4.78 is 0. The van der Waals surface area contributed by atoms with E-state index >= 15 is 0 Å². The van der Waals surface area contributed by atoms with Gasteiger partial charge in [-0.2, -0.15) is 0 Å². The summed E-state index contributed by atoms with van der Waals surface area (Å²) in [6.45, 7) is 3.67. The molecule has 0 atom stereocenters. The van der Waals surface area contributed by atoms with Crippen molar-refractivity contribution >= 4 is 6.08 Å². The maximum atomic E-state index is 10.6. The van der Waals surface area contributed by atoms with Gasteiger partial charge in [0.2, 0.25) is 5.70 Å². The molecule has 0 aliphatic rings. The Morgan fingerprint density at radius 2 is 2.43 bits per heavy atom. The molecule has 1 aromatic heterocycles. The van der Waals surface area contributed by atoms with Gasteiger partial charge in [-0.3, -0.25) is 15.1 Å². The van der Waals surface area contributed by atoms with Crippen LogP contribution in [0.15, 0.2) is 24.2 Å². The van der Waals surface area contributed by atoms with E-state index in [2.05, 4.69) is 4.98 Å². The van der Waals surface area contributed by atoms with E-state index in [0.717, 1.165) is 11.1 Å². The highest BCUT2D eigenvalue weighted by Gasteiger charge is 2.07. The molecule has 0 saturated carbocycles. The molecule has 0 unspecified atom stereocenters. The predicted molar refractivity (Wildman–Crippen MR) is 54.2 cm³/mol. The van der Waals surface area contributed by atoms with Crippen LogP contribution in [0.4, 0.5) is 0 Å². The highest BCUT2D eigenvalue weighted by atomic mass is 16.6. The van der Waals surface area contributed by atoms with E-state index in [1.807, 2.05) is 13.0 Å². The van der Waals surface area contributed by atoms with Gasteiger partial charge >= 0.3 is 0 Å². The number of allylic oxidation sites excluding steroid dienone is 1. The van der Waals surface area contributed by atoms with Crippen molar-refractivity contribution in [2.75, 3.05) is 0 Å². The Labute approximate surface area is 82.4 Å². The number of aryl methyl sites for hydroxylation is 1. The SMILES string of the molecule is CC/C(=C/c1cnccc1C)[N+](=O)[O-]. The first-order valence-electron chi connectivity index (χ1n) is 4.40. The molecular weight excluding hydrogens is 180 g/mol. The maximum Gasteiger partial charge on any atom is 0.246 e. The Balaban J connectivity index is 3.07. The lowest BCUT2D eigenvalue weighted by Gasteiger charge is -1.98. The number of rotatable bonds is 3. The average molecular weight is 192 g/mol. The number of hydrogen-bond acceptors (Lipinski definition) is 3. The van der Waals surface area contributed by atoms with Crippen LogP contribution in [0, 0.1) is 17.0 Å². The third-order valence-electron chi connectivity index (χ3n) is 2.00. The highest BCUT2D eigenvalue weighted by molar-refractivity contribution is 5.53. The zero-order valence-electron chi connectivity index (χ0n) is 8.23. The van der Waals surface area contributed by atoms with Crippen LogP contribution >= 0.6 is 0 Å². The molecule has 0 spiro atoms. The number of nitrogens with zero attached hydrogens (tertiary/aromatic N) is 2. The van der Waals surface area contributed by atoms with E-state index in [-0.39, 0.29) is 10.6 Å². The molecule has 0 fully saturated rings. The third-order valence-corrected chi connectivity index (χ3v) is 2.00. The second kappa shape index (κ2) is 4.50. The van der Waals surface area contributed by atoms with Gasteiger partial charge in [0.25, 0.3) is 0 Å². The Morgan fingerprint density at radius 1 is 1.71 bits per heavy atom. The first-order valence-corrected chi connectivity index (χ1v) is 4.40. The summed E-state index contributed by atoms with van der Waals surface area (Å²) in [5, 5.41) is 10.6. The molecular formula is C10H12N2O2. The number of hydrogen-bond donors (Lipinski definition) is 0. The minimum absolute atomic E-state index is 0.209. The molecule has 4 nitrogen and oxygen atoms in total. The first-order chi connectivity index (χ1) is 6.65. The van der Waals surface area contributed by atoms with Crippen molar-refractivity contribution < 1.29 is 4.92 Å². The maximum absolute atomic E-state index is 10.6. The molecule has 0 aliphatic heterocycles. The van der Waals surface area contributed by atoms with E-state index in [4.69, 9.17) is 0 Å². The lowest BCUT2D eigenvalue weighted by Crippen LogP contribution is -1.97. The van der Waals surface area contributed by atoms with Crippen LogP contribution in [-0.2, 0) is 0 Å². The summed E-state index contributed by atoms with van der Waals surface area (Å²) in [6, 6.07) is 1.83. The van der Waals surface area contributed by atoms with E-state index in [1.54, 1.807) is 25.4 Å². The Bertz CT molecular complexity index is 372. The van der Waals surface area contributed by atoms with Crippen LogP contribution in [0.25, 0.3) is 6.08 Å². The van der Waals surface area contributed by atoms with Gasteiger partial charge in [0.15, 0.2) is 0 Å². The molecule has 0 amide bonds. The largest absolute Gasteiger partial charge is 0.264 e. The lowest BCUT2D eigenvalue weighted by molar-refractivity contribution is -0.425. The van der Waals surface area contributed by atoms with Crippen molar-refractivity contribution in [1.82, 2.24) is 4.98 Å². The summed E-state index contributed by atoms with van der Waals surface area (Å²) in [7, 11) is 0. The second-order valence-electron chi connectivity index (χ2n) is 2.98. The molecule has 14 heavy (non-hydrogen) atoms. The normalized spacial score (nSPS) is 11.4. The average Bonchev–Trinajstić information content (AvgIpc) is 2.16. The minimum atomic E-state index is -0.355. The zero-order chi connectivity index (χ0) is 10.6. The quantitative estimate of drug-likeness (QED) is 0.545. The van der Waals surface area contributed by atoms with Gasteiger partial charge in [-0.1, -0.05) is 6.92 Å².